The van der Waals surface area contributed by atoms with Gasteiger partial charge in [0, 0.05) is 34.0 Å². The first kappa shape index (κ1) is 23.4. The van der Waals surface area contributed by atoms with Crippen molar-refractivity contribution in [3.63, 3.8) is 0 Å². The minimum Gasteiger partial charge on any atom is -0.488 e. The number of carbonyl (C=O) groups is 1. The summed E-state index contributed by atoms with van der Waals surface area (Å²) < 4.78 is 34.7. The third-order valence-electron chi connectivity index (χ3n) is 5.20. The fraction of sp³-hybridized carbons (Fsp3) is 0.154. The number of hydrogen-bond acceptors (Lipinski definition) is 3. The van der Waals surface area contributed by atoms with Crippen molar-refractivity contribution >= 4 is 23.3 Å². The van der Waals surface area contributed by atoms with E-state index in [4.69, 9.17) is 16.3 Å². The maximum atomic E-state index is 14.0. The molecule has 0 bridgehead atoms. The predicted molar refractivity (Wildman–Crippen MR) is 127 cm³/mol. The summed E-state index contributed by atoms with van der Waals surface area (Å²) >= 11 is 6.19. The smallest absolute Gasteiger partial charge is 0.229 e. The van der Waals surface area contributed by atoms with Crippen molar-refractivity contribution in [1.29, 1.82) is 0 Å². The van der Waals surface area contributed by atoms with Crippen molar-refractivity contribution in [3.8, 4) is 5.75 Å². The number of benzene rings is 3. The van der Waals surface area contributed by atoms with Crippen LogP contribution in [0.3, 0.4) is 0 Å². The van der Waals surface area contributed by atoms with Gasteiger partial charge in [-0.25, -0.2) is 8.78 Å². The number of hydrogen-bond donors (Lipinski definition) is 1. The molecule has 5 nitrogen and oxygen atoms in total. The summed E-state index contributed by atoms with van der Waals surface area (Å²) in [5.41, 5.74) is 2.70. The Bertz CT molecular complexity index is 1310. The molecule has 1 heterocycles. The van der Waals surface area contributed by atoms with Crippen LogP contribution >= 0.6 is 11.6 Å². The first-order valence-electron chi connectivity index (χ1n) is 10.6. The summed E-state index contributed by atoms with van der Waals surface area (Å²) in [5.74, 6) is -0.540. The zero-order chi connectivity index (χ0) is 24.1. The second kappa shape index (κ2) is 10.5. The maximum Gasteiger partial charge on any atom is 0.229 e. The standard InChI is InChI=1S/C26H22ClF2N3O2/c1-17-11-25(30-26(33)12-18-5-3-2-4-6-18)31-32(17)15-20-13-21(27)8-10-24(20)34-16-19-7-9-22(28)14-23(19)29/h2-11,13-14H,12,15-16H2,1H3,(H,30,31,33). The molecule has 0 saturated heterocycles. The van der Waals surface area contributed by atoms with Crippen molar-refractivity contribution < 1.29 is 18.3 Å². The van der Waals surface area contributed by atoms with Crippen LogP contribution in [0.1, 0.15) is 22.4 Å². The van der Waals surface area contributed by atoms with Crippen LogP contribution in [-0.4, -0.2) is 15.7 Å². The maximum absolute atomic E-state index is 14.0. The van der Waals surface area contributed by atoms with Gasteiger partial charge >= 0.3 is 0 Å². The number of aryl methyl sites for hydroxylation is 1. The van der Waals surface area contributed by atoms with Gasteiger partial charge in [0.05, 0.1) is 13.0 Å². The highest BCUT2D eigenvalue weighted by molar-refractivity contribution is 6.30. The molecule has 0 aliphatic heterocycles. The van der Waals surface area contributed by atoms with Gasteiger partial charge in [-0.3, -0.25) is 9.48 Å². The van der Waals surface area contributed by atoms with Crippen LogP contribution in [0.25, 0.3) is 0 Å². The molecule has 1 aromatic heterocycles. The lowest BCUT2D eigenvalue weighted by molar-refractivity contribution is -0.115. The Kier molecular flexibility index (Phi) is 7.23. The van der Waals surface area contributed by atoms with Gasteiger partial charge in [0.25, 0.3) is 0 Å². The highest BCUT2D eigenvalue weighted by Crippen LogP contribution is 2.26. The molecule has 0 aliphatic rings. The van der Waals surface area contributed by atoms with Gasteiger partial charge < -0.3 is 10.1 Å². The first-order valence-corrected chi connectivity index (χ1v) is 11.0. The molecule has 0 atom stereocenters. The van der Waals surface area contributed by atoms with E-state index in [1.165, 1.54) is 12.1 Å². The predicted octanol–water partition coefficient (Wildman–Crippen LogP) is 5.93. The molecule has 0 unspecified atom stereocenters. The third kappa shape index (κ3) is 5.99. The van der Waals surface area contributed by atoms with Gasteiger partial charge in [-0.2, -0.15) is 5.10 Å². The van der Waals surface area contributed by atoms with E-state index in [0.29, 0.717) is 23.1 Å². The number of aromatic nitrogens is 2. The molecule has 8 heteroatoms. The number of halogens is 3. The summed E-state index contributed by atoms with van der Waals surface area (Å²) in [5, 5.41) is 7.81. The van der Waals surface area contributed by atoms with Crippen LogP contribution in [-0.2, 0) is 24.4 Å². The Labute approximate surface area is 200 Å². The average molecular weight is 482 g/mol. The van der Waals surface area contributed by atoms with Gasteiger partial charge in [-0.05, 0) is 42.8 Å². The van der Waals surface area contributed by atoms with E-state index in [-0.39, 0.29) is 24.5 Å². The summed E-state index contributed by atoms with van der Waals surface area (Å²) in [7, 11) is 0. The number of nitrogens with zero attached hydrogens (tertiary/aromatic N) is 2. The Hall–Kier alpha value is -3.71. The van der Waals surface area contributed by atoms with Crippen molar-refractivity contribution in [2.24, 2.45) is 0 Å². The van der Waals surface area contributed by atoms with E-state index in [9.17, 15) is 13.6 Å². The Morgan fingerprint density at radius 1 is 1.03 bits per heavy atom. The molecular weight excluding hydrogens is 460 g/mol. The Morgan fingerprint density at radius 2 is 1.82 bits per heavy atom. The van der Waals surface area contributed by atoms with Gasteiger partial charge in [0.2, 0.25) is 5.91 Å². The van der Waals surface area contributed by atoms with E-state index in [1.807, 2.05) is 37.3 Å². The fourth-order valence-electron chi connectivity index (χ4n) is 3.47. The number of carbonyl (C=O) groups excluding carboxylic acids is 1. The number of rotatable bonds is 8. The van der Waals surface area contributed by atoms with Crippen molar-refractivity contribution in [1.82, 2.24) is 9.78 Å². The molecule has 4 rings (SSSR count). The van der Waals surface area contributed by atoms with Gasteiger partial charge in [-0.15, -0.1) is 0 Å². The van der Waals surface area contributed by atoms with E-state index in [2.05, 4.69) is 10.4 Å². The molecule has 174 valence electrons. The van der Waals surface area contributed by atoms with E-state index in [1.54, 1.807) is 28.9 Å². The van der Waals surface area contributed by atoms with Crippen LogP contribution in [0.15, 0.2) is 72.8 Å². The Morgan fingerprint density at radius 3 is 2.59 bits per heavy atom. The zero-order valence-electron chi connectivity index (χ0n) is 18.4. The molecule has 34 heavy (non-hydrogen) atoms. The average Bonchev–Trinajstić information content (AvgIpc) is 3.13. The zero-order valence-corrected chi connectivity index (χ0v) is 19.2. The van der Waals surface area contributed by atoms with Crippen molar-refractivity contribution in [2.45, 2.75) is 26.5 Å². The molecule has 0 aliphatic carbocycles. The van der Waals surface area contributed by atoms with E-state index < -0.39 is 11.6 Å². The highest BCUT2D eigenvalue weighted by Gasteiger charge is 2.13. The van der Waals surface area contributed by atoms with Crippen LogP contribution in [0.2, 0.25) is 5.02 Å². The SMILES string of the molecule is Cc1cc(NC(=O)Cc2ccccc2)nn1Cc1cc(Cl)ccc1OCc1ccc(F)cc1F. The molecule has 3 aromatic carbocycles. The van der Waals surface area contributed by atoms with Crippen LogP contribution in [0.4, 0.5) is 14.6 Å². The normalized spacial score (nSPS) is 10.8. The summed E-state index contributed by atoms with van der Waals surface area (Å²) in [6, 6.07) is 19.7. The van der Waals surface area contributed by atoms with Crippen LogP contribution in [0, 0.1) is 18.6 Å². The lowest BCUT2D eigenvalue weighted by Crippen LogP contribution is -2.15. The number of ether oxygens (including phenoxy) is 1. The molecule has 0 spiro atoms. The molecule has 0 radical (unpaired) electrons. The molecule has 1 N–H and O–H groups in total. The van der Waals surface area contributed by atoms with Crippen molar-refractivity contribution in [2.75, 3.05) is 5.32 Å². The summed E-state index contributed by atoms with van der Waals surface area (Å²) in [6.45, 7) is 2.13. The quantitative estimate of drug-likeness (QED) is 0.339. The minimum atomic E-state index is -0.672. The third-order valence-corrected chi connectivity index (χ3v) is 5.43. The molecule has 0 saturated carbocycles. The lowest BCUT2D eigenvalue weighted by Gasteiger charge is -2.13. The second-order valence-corrected chi connectivity index (χ2v) is 8.25. The lowest BCUT2D eigenvalue weighted by atomic mass is 10.1. The Balaban J connectivity index is 1.46. The summed E-state index contributed by atoms with van der Waals surface area (Å²) in [6.07, 6.45) is 0.249. The van der Waals surface area contributed by atoms with Crippen LogP contribution < -0.4 is 10.1 Å². The first-order chi connectivity index (χ1) is 16.4. The monoisotopic (exact) mass is 481 g/mol. The second-order valence-electron chi connectivity index (χ2n) is 7.82. The van der Waals surface area contributed by atoms with E-state index in [0.717, 1.165) is 22.9 Å². The van der Waals surface area contributed by atoms with Gasteiger partial charge in [0.1, 0.15) is 24.0 Å². The van der Waals surface area contributed by atoms with Crippen molar-refractivity contribution in [3.05, 3.63) is 112 Å². The molecule has 4 aromatic rings. The fourth-order valence-corrected chi connectivity index (χ4v) is 3.66. The highest BCUT2D eigenvalue weighted by atomic mass is 35.5. The van der Waals surface area contributed by atoms with Gasteiger partial charge in [0.15, 0.2) is 5.82 Å². The minimum absolute atomic E-state index is 0.0698. The van der Waals surface area contributed by atoms with Crippen LogP contribution in [0.5, 0.6) is 5.75 Å². The number of anilines is 1. The summed E-state index contributed by atoms with van der Waals surface area (Å²) in [4.78, 5) is 12.4. The largest absolute Gasteiger partial charge is 0.488 e. The topological polar surface area (TPSA) is 56.2 Å². The molecular formula is C26H22ClF2N3O2. The van der Waals surface area contributed by atoms with E-state index >= 15 is 0 Å². The molecule has 0 fully saturated rings. The number of nitrogens with one attached hydrogen (secondary N) is 1. The number of amides is 1. The molecule has 1 amide bonds. The van der Waals surface area contributed by atoms with Gasteiger partial charge in [-0.1, -0.05) is 41.9 Å².